The fraction of sp³-hybridized carbons (Fsp3) is 0.0909. The van der Waals surface area contributed by atoms with Gasteiger partial charge in [-0.1, -0.05) is 221 Å². The van der Waals surface area contributed by atoms with Gasteiger partial charge in [-0.05, 0) is 149 Å². The Morgan fingerprint density at radius 2 is 1.10 bits per heavy atom. The molecule has 12 aromatic rings. The van der Waals surface area contributed by atoms with E-state index >= 15 is 0 Å². The largest absolute Gasteiger partial charge is 0.458 e. The van der Waals surface area contributed by atoms with Crippen molar-refractivity contribution in [3.05, 3.63) is 301 Å². The van der Waals surface area contributed by atoms with Crippen molar-refractivity contribution in [2.24, 2.45) is 0 Å². The van der Waals surface area contributed by atoms with Crippen molar-refractivity contribution in [2.75, 3.05) is 4.90 Å². The maximum absolute atomic E-state index is 6.93. The van der Waals surface area contributed by atoms with Gasteiger partial charge >= 0.3 is 0 Å². The second-order valence-corrected chi connectivity index (χ2v) is 23.5. The number of aromatic nitrogens is 3. The first-order chi connectivity index (χ1) is 40.3. The second-order valence-electron chi connectivity index (χ2n) is 23.5. The number of anilines is 2. The quantitative estimate of drug-likeness (QED) is 0.127. The predicted molar refractivity (Wildman–Crippen MR) is 332 cm³/mol. The lowest BCUT2D eigenvalue weighted by Crippen LogP contribution is -2.31. The number of hydrogen-bond acceptors (Lipinski definition) is 3. The molecule has 0 bridgehead atoms. The molecular formula is C77H54N4O. The van der Waals surface area contributed by atoms with Crippen LogP contribution in [0.4, 0.5) is 11.5 Å². The summed E-state index contributed by atoms with van der Waals surface area (Å²) in [7, 11) is 0. The van der Waals surface area contributed by atoms with Crippen LogP contribution in [0.15, 0.2) is 261 Å². The van der Waals surface area contributed by atoms with Crippen molar-refractivity contribution in [3.63, 3.8) is 0 Å². The highest BCUT2D eigenvalue weighted by molar-refractivity contribution is 6.04. The van der Waals surface area contributed by atoms with Gasteiger partial charge < -0.3 is 9.64 Å². The van der Waals surface area contributed by atoms with Crippen molar-refractivity contribution in [2.45, 2.75) is 43.6 Å². The van der Waals surface area contributed by atoms with Crippen molar-refractivity contribution in [1.82, 2.24) is 9.55 Å². The van der Waals surface area contributed by atoms with E-state index in [-0.39, 0.29) is 17.4 Å². The topological polar surface area (TPSA) is 34.2 Å². The van der Waals surface area contributed by atoms with Crippen LogP contribution in [0.1, 0.15) is 60.1 Å². The lowest BCUT2D eigenvalue weighted by molar-refractivity contribution is -0.571. The van der Waals surface area contributed by atoms with Crippen molar-refractivity contribution in [1.29, 1.82) is 0 Å². The molecule has 5 heteroatoms. The molecule has 0 amide bonds. The molecule has 0 fully saturated rings. The van der Waals surface area contributed by atoms with Gasteiger partial charge in [-0.25, -0.2) is 4.98 Å². The average molecular weight is 1050 g/mol. The second kappa shape index (κ2) is 17.4. The van der Waals surface area contributed by atoms with Gasteiger partial charge in [-0.2, -0.15) is 0 Å². The van der Waals surface area contributed by atoms with E-state index < -0.39 is 5.41 Å². The lowest BCUT2D eigenvalue weighted by Gasteiger charge is -2.31. The van der Waals surface area contributed by atoms with Gasteiger partial charge in [0, 0.05) is 23.7 Å². The van der Waals surface area contributed by atoms with E-state index in [2.05, 4.69) is 290 Å². The maximum atomic E-state index is 6.93. The maximum Gasteiger partial charge on any atom is 0.269 e. The summed E-state index contributed by atoms with van der Waals surface area (Å²) in [6.07, 6.45) is 14.9. The molecule has 0 saturated carbocycles. The Kier molecular flexibility index (Phi) is 9.95. The Morgan fingerprint density at radius 3 is 1.83 bits per heavy atom. The highest BCUT2D eigenvalue weighted by Crippen LogP contribution is 2.63. The van der Waals surface area contributed by atoms with Crippen LogP contribution < -0.4 is 14.2 Å². The molecule has 2 aliphatic heterocycles. The van der Waals surface area contributed by atoms with Gasteiger partial charge in [0.15, 0.2) is 0 Å². The van der Waals surface area contributed by atoms with Gasteiger partial charge in [-0.3, -0.25) is 9.13 Å². The number of para-hydroxylation sites is 1. The molecular weight excluding hydrogens is 997 g/mol. The fourth-order valence-corrected chi connectivity index (χ4v) is 14.6. The first kappa shape index (κ1) is 46.8. The molecule has 2 aromatic heterocycles. The SMILES string of the molecule is CC(C)(C)c1ccnc(N2c3cc(Oc4cccc(-n5[c-][n+]6c7c(cccc75)-c5ccccc5-c5ccccc5-c5c(-c7ccc8c(c7)C7(c9ccccc9-c9ccccc97)c7ccccc7-8)cccc5-6)c4)ccc3C3C=CC=CC32)c1. The Morgan fingerprint density at radius 1 is 0.500 bits per heavy atom. The minimum Gasteiger partial charge on any atom is -0.458 e. The molecule has 5 nitrogen and oxygen atoms in total. The monoisotopic (exact) mass is 1050 g/mol. The Bertz CT molecular complexity index is 4690. The molecule has 0 radical (unpaired) electrons. The molecule has 82 heavy (non-hydrogen) atoms. The molecule has 0 N–H and O–H groups in total. The van der Waals surface area contributed by atoms with E-state index in [4.69, 9.17) is 9.72 Å². The van der Waals surface area contributed by atoms with E-state index in [1.54, 1.807) is 0 Å². The van der Waals surface area contributed by atoms with E-state index in [1.807, 2.05) is 12.3 Å². The third-order valence-corrected chi connectivity index (χ3v) is 18.2. The average Bonchev–Trinajstić information content (AvgIpc) is 3.63. The minimum atomic E-state index is -0.472. The summed E-state index contributed by atoms with van der Waals surface area (Å²) in [6, 6.07) is 85.4. The van der Waals surface area contributed by atoms with Crippen LogP contribution in [-0.4, -0.2) is 15.6 Å². The zero-order valence-corrected chi connectivity index (χ0v) is 45.7. The number of pyridine rings is 1. The van der Waals surface area contributed by atoms with Crippen LogP contribution in [0.3, 0.4) is 0 Å². The van der Waals surface area contributed by atoms with Crippen molar-refractivity contribution >= 4 is 22.5 Å². The van der Waals surface area contributed by atoms with E-state index in [0.717, 1.165) is 73.2 Å². The first-order valence-corrected chi connectivity index (χ1v) is 28.6. The van der Waals surface area contributed by atoms with Gasteiger partial charge in [0.1, 0.15) is 17.3 Å². The van der Waals surface area contributed by atoms with Crippen molar-refractivity contribution in [3.8, 4) is 89.6 Å². The number of nitrogens with zero attached hydrogens (tertiary/aromatic N) is 4. The number of hydrogen-bond donors (Lipinski definition) is 0. The Hall–Kier alpha value is -10.1. The molecule has 2 atom stereocenters. The lowest BCUT2D eigenvalue weighted by atomic mass is 9.70. The zero-order valence-electron chi connectivity index (χ0n) is 45.7. The third-order valence-electron chi connectivity index (χ3n) is 18.2. The van der Waals surface area contributed by atoms with Crippen LogP contribution in [0.5, 0.6) is 11.5 Å². The summed E-state index contributed by atoms with van der Waals surface area (Å²) in [5.74, 6) is 2.65. The van der Waals surface area contributed by atoms with Gasteiger partial charge in [-0.15, -0.1) is 0 Å². The summed E-state index contributed by atoms with van der Waals surface area (Å²) in [5.41, 5.74) is 27.0. The summed E-state index contributed by atoms with van der Waals surface area (Å²) >= 11 is 0. The normalized spacial score (nSPS) is 16.0. The van der Waals surface area contributed by atoms with E-state index in [0.29, 0.717) is 0 Å². The summed E-state index contributed by atoms with van der Waals surface area (Å²) < 4.78 is 11.5. The highest BCUT2D eigenvalue weighted by atomic mass is 16.5. The van der Waals surface area contributed by atoms with Gasteiger partial charge in [0.25, 0.3) is 6.33 Å². The number of allylic oxidation sites excluding steroid dienone is 2. The molecule has 3 aliphatic carbocycles. The Labute approximate surface area is 477 Å². The molecule has 4 heterocycles. The van der Waals surface area contributed by atoms with E-state index in [9.17, 15) is 0 Å². The van der Waals surface area contributed by atoms with E-state index in [1.165, 1.54) is 72.3 Å². The summed E-state index contributed by atoms with van der Waals surface area (Å²) in [6.45, 7) is 6.77. The molecule has 2 unspecified atom stereocenters. The fourth-order valence-electron chi connectivity index (χ4n) is 14.6. The summed E-state index contributed by atoms with van der Waals surface area (Å²) in [4.78, 5) is 7.36. The molecule has 10 aromatic carbocycles. The number of rotatable bonds is 5. The first-order valence-electron chi connectivity index (χ1n) is 28.6. The molecule has 1 spiro atoms. The predicted octanol–water partition coefficient (Wildman–Crippen LogP) is 18.2. The van der Waals surface area contributed by atoms with Gasteiger partial charge in [0.05, 0.1) is 39.6 Å². The highest BCUT2D eigenvalue weighted by Gasteiger charge is 2.51. The van der Waals surface area contributed by atoms with Crippen molar-refractivity contribution < 1.29 is 9.30 Å². The van der Waals surface area contributed by atoms with Crippen LogP contribution in [-0.2, 0) is 10.8 Å². The standard InChI is InChI=1S/C77H54N4O/c1-76(2,3)49-41-42-78-73(44-49)81-69-34-15-11-27-61(69)62-40-38-52(46-72(62)81)82-51-20-16-19-50(45-51)79-47-80-70-35-17-29-53(74(70)63-28-7-6-22-55(63)54-21-4-5-23-56(54)64-30-18-36-71(79)75(64)80)48-37-39-60-59-26-10-14-33-67(59)77(68(60)43-48)65-31-12-8-24-57(65)58-25-9-13-32-66(58)77/h4-46,61,69H,1-3H3. The zero-order chi connectivity index (χ0) is 54.4. The van der Waals surface area contributed by atoms with Crippen LogP contribution in [0.25, 0.3) is 89.2 Å². The smallest absolute Gasteiger partial charge is 0.269 e. The Balaban J connectivity index is 0.833. The number of imidazole rings is 1. The van der Waals surface area contributed by atoms with Crippen LogP contribution >= 0.6 is 0 Å². The third kappa shape index (κ3) is 6.62. The molecule has 17 rings (SSSR count). The molecule has 0 saturated heterocycles. The number of benzene rings is 10. The minimum absolute atomic E-state index is 0.0167. The van der Waals surface area contributed by atoms with Crippen LogP contribution in [0.2, 0.25) is 0 Å². The number of fused-ring (bicyclic) bond motifs is 20. The number of ether oxygens (including phenoxy) is 1. The van der Waals surface area contributed by atoms with Gasteiger partial charge in [0.2, 0.25) is 0 Å². The van der Waals surface area contributed by atoms with Crippen LogP contribution in [0, 0.1) is 6.33 Å². The molecule has 388 valence electrons. The summed E-state index contributed by atoms with van der Waals surface area (Å²) in [5, 5.41) is 0. The molecule has 5 aliphatic rings.